The number of rotatable bonds is 4. The SMILES string of the molecule is Cc1cc(CC(=O)Nc2ccc3c(c2)CCN3C(=O)c2ccccc2)no1. The summed E-state index contributed by atoms with van der Waals surface area (Å²) in [6, 6.07) is 16.6. The average Bonchev–Trinajstić information content (AvgIpc) is 3.27. The highest BCUT2D eigenvalue weighted by Gasteiger charge is 2.25. The molecule has 6 heteroatoms. The summed E-state index contributed by atoms with van der Waals surface area (Å²) in [5.41, 5.74) is 3.94. The van der Waals surface area contributed by atoms with Crippen molar-refractivity contribution in [3.05, 3.63) is 77.2 Å². The van der Waals surface area contributed by atoms with Crippen molar-refractivity contribution in [1.82, 2.24) is 5.16 Å². The van der Waals surface area contributed by atoms with E-state index in [-0.39, 0.29) is 18.2 Å². The maximum absolute atomic E-state index is 12.7. The lowest BCUT2D eigenvalue weighted by molar-refractivity contribution is -0.115. The van der Waals surface area contributed by atoms with Gasteiger partial charge >= 0.3 is 0 Å². The first kappa shape index (κ1) is 17.0. The van der Waals surface area contributed by atoms with Crippen LogP contribution >= 0.6 is 0 Å². The number of aromatic nitrogens is 1. The van der Waals surface area contributed by atoms with Crippen LogP contribution in [-0.4, -0.2) is 23.5 Å². The number of hydrogen-bond acceptors (Lipinski definition) is 4. The molecule has 2 aromatic carbocycles. The molecule has 4 rings (SSSR count). The molecule has 6 nitrogen and oxygen atoms in total. The number of anilines is 2. The van der Waals surface area contributed by atoms with Crippen LogP contribution in [-0.2, 0) is 17.6 Å². The molecule has 136 valence electrons. The minimum Gasteiger partial charge on any atom is -0.361 e. The van der Waals surface area contributed by atoms with Crippen LogP contribution in [0.1, 0.15) is 27.4 Å². The largest absolute Gasteiger partial charge is 0.361 e. The standard InChI is InChI=1S/C21H19N3O3/c1-14-11-18(23-27-14)13-20(25)22-17-7-8-19-16(12-17)9-10-24(19)21(26)15-5-3-2-4-6-15/h2-8,11-12H,9-10,13H2,1H3,(H,22,25). The zero-order valence-electron chi connectivity index (χ0n) is 14.9. The summed E-state index contributed by atoms with van der Waals surface area (Å²) in [5.74, 6) is 0.518. The first-order valence-electron chi connectivity index (χ1n) is 8.82. The molecule has 0 bridgehead atoms. The molecule has 3 aromatic rings. The van der Waals surface area contributed by atoms with Gasteiger partial charge in [-0.1, -0.05) is 23.4 Å². The summed E-state index contributed by atoms with van der Waals surface area (Å²) in [7, 11) is 0. The van der Waals surface area contributed by atoms with E-state index in [1.165, 1.54) is 0 Å². The molecule has 0 saturated heterocycles. The quantitative estimate of drug-likeness (QED) is 0.773. The second-order valence-electron chi connectivity index (χ2n) is 6.57. The van der Waals surface area contributed by atoms with Crippen molar-refractivity contribution in [3.8, 4) is 0 Å². The average molecular weight is 361 g/mol. The highest BCUT2D eigenvalue weighted by atomic mass is 16.5. The Morgan fingerprint density at radius 1 is 1.15 bits per heavy atom. The maximum atomic E-state index is 12.7. The summed E-state index contributed by atoms with van der Waals surface area (Å²) in [4.78, 5) is 26.7. The van der Waals surface area contributed by atoms with E-state index < -0.39 is 0 Å². The summed E-state index contributed by atoms with van der Waals surface area (Å²) in [5, 5.41) is 6.71. The van der Waals surface area contributed by atoms with Crippen molar-refractivity contribution >= 4 is 23.2 Å². The fraction of sp³-hybridized carbons (Fsp3) is 0.190. The molecule has 0 saturated carbocycles. The van der Waals surface area contributed by atoms with Gasteiger partial charge in [0.2, 0.25) is 5.91 Å². The Hall–Kier alpha value is -3.41. The molecule has 0 atom stereocenters. The van der Waals surface area contributed by atoms with Crippen LogP contribution < -0.4 is 10.2 Å². The van der Waals surface area contributed by atoms with Gasteiger partial charge in [0.15, 0.2) is 0 Å². The summed E-state index contributed by atoms with van der Waals surface area (Å²) >= 11 is 0. The molecular formula is C21H19N3O3. The van der Waals surface area contributed by atoms with Crippen LogP contribution in [0.4, 0.5) is 11.4 Å². The zero-order valence-corrected chi connectivity index (χ0v) is 14.9. The molecule has 0 aliphatic carbocycles. The van der Waals surface area contributed by atoms with Crippen molar-refractivity contribution in [2.75, 3.05) is 16.8 Å². The Morgan fingerprint density at radius 2 is 1.96 bits per heavy atom. The predicted octanol–water partition coefficient (Wildman–Crippen LogP) is 3.37. The van der Waals surface area contributed by atoms with Gasteiger partial charge in [0, 0.05) is 29.5 Å². The smallest absolute Gasteiger partial charge is 0.258 e. The highest BCUT2D eigenvalue weighted by molar-refractivity contribution is 6.07. The second kappa shape index (κ2) is 7.07. The van der Waals surface area contributed by atoms with E-state index in [1.54, 1.807) is 17.9 Å². The van der Waals surface area contributed by atoms with Crippen LogP contribution in [0.5, 0.6) is 0 Å². The number of fused-ring (bicyclic) bond motifs is 1. The maximum Gasteiger partial charge on any atom is 0.258 e. The number of benzene rings is 2. The van der Waals surface area contributed by atoms with Gasteiger partial charge in [-0.15, -0.1) is 0 Å². The van der Waals surface area contributed by atoms with Gasteiger partial charge in [-0.05, 0) is 49.2 Å². The molecule has 2 amide bonds. The molecule has 1 aromatic heterocycles. The second-order valence-corrected chi connectivity index (χ2v) is 6.57. The Morgan fingerprint density at radius 3 is 2.70 bits per heavy atom. The van der Waals surface area contributed by atoms with Gasteiger partial charge < -0.3 is 14.7 Å². The number of nitrogens with zero attached hydrogens (tertiary/aromatic N) is 2. The first-order chi connectivity index (χ1) is 13.1. The van der Waals surface area contributed by atoms with E-state index in [9.17, 15) is 9.59 Å². The van der Waals surface area contributed by atoms with E-state index in [0.717, 1.165) is 17.7 Å². The fourth-order valence-corrected chi connectivity index (χ4v) is 3.30. The van der Waals surface area contributed by atoms with Crippen LogP contribution in [0.3, 0.4) is 0 Å². The summed E-state index contributed by atoms with van der Waals surface area (Å²) < 4.78 is 4.98. The number of carbonyl (C=O) groups is 2. The molecule has 0 radical (unpaired) electrons. The Bertz CT molecular complexity index is 995. The summed E-state index contributed by atoms with van der Waals surface area (Å²) in [6.45, 7) is 2.43. The van der Waals surface area contributed by atoms with Gasteiger partial charge in [-0.2, -0.15) is 0 Å². The van der Waals surface area contributed by atoms with Crippen LogP contribution in [0.25, 0.3) is 0 Å². The third kappa shape index (κ3) is 3.60. The van der Waals surface area contributed by atoms with Crippen molar-refractivity contribution in [2.45, 2.75) is 19.8 Å². The Balaban J connectivity index is 1.46. The van der Waals surface area contributed by atoms with E-state index in [0.29, 0.717) is 29.2 Å². The Labute approximate surface area is 156 Å². The molecule has 2 heterocycles. The van der Waals surface area contributed by atoms with E-state index in [1.807, 2.05) is 48.5 Å². The van der Waals surface area contributed by atoms with Crippen molar-refractivity contribution in [1.29, 1.82) is 0 Å². The third-order valence-electron chi connectivity index (χ3n) is 4.54. The van der Waals surface area contributed by atoms with Gasteiger partial charge in [-0.3, -0.25) is 9.59 Å². The van der Waals surface area contributed by atoms with E-state index in [2.05, 4.69) is 10.5 Å². The van der Waals surface area contributed by atoms with Gasteiger partial charge in [-0.25, -0.2) is 0 Å². The lowest BCUT2D eigenvalue weighted by atomic mass is 10.1. The first-order valence-corrected chi connectivity index (χ1v) is 8.82. The zero-order chi connectivity index (χ0) is 18.8. The molecule has 1 aliphatic rings. The van der Waals surface area contributed by atoms with Gasteiger partial charge in [0.25, 0.3) is 5.91 Å². The van der Waals surface area contributed by atoms with Crippen molar-refractivity contribution < 1.29 is 14.1 Å². The topological polar surface area (TPSA) is 75.4 Å². The van der Waals surface area contributed by atoms with Gasteiger partial charge in [0.1, 0.15) is 5.76 Å². The summed E-state index contributed by atoms with van der Waals surface area (Å²) in [6.07, 6.45) is 0.924. The highest BCUT2D eigenvalue weighted by Crippen LogP contribution is 2.31. The number of amides is 2. The van der Waals surface area contributed by atoms with Crippen LogP contribution in [0.15, 0.2) is 59.1 Å². The minimum atomic E-state index is -0.154. The molecule has 0 fully saturated rings. The number of nitrogens with one attached hydrogen (secondary N) is 1. The number of carbonyl (C=O) groups excluding carboxylic acids is 2. The molecular weight excluding hydrogens is 342 g/mol. The van der Waals surface area contributed by atoms with Crippen molar-refractivity contribution in [3.63, 3.8) is 0 Å². The molecule has 1 aliphatic heterocycles. The number of aryl methyl sites for hydroxylation is 1. The number of hydrogen-bond donors (Lipinski definition) is 1. The monoisotopic (exact) mass is 361 g/mol. The Kier molecular flexibility index (Phi) is 4.46. The van der Waals surface area contributed by atoms with E-state index >= 15 is 0 Å². The van der Waals surface area contributed by atoms with Gasteiger partial charge in [0.05, 0.1) is 12.1 Å². The molecule has 1 N–H and O–H groups in total. The fourth-order valence-electron chi connectivity index (χ4n) is 3.30. The van der Waals surface area contributed by atoms with Crippen LogP contribution in [0, 0.1) is 6.92 Å². The molecule has 27 heavy (non-hydrogen) atoms. The predicted molar refractivity (Wildman–Crippen MR) is 102 cm³/mol. The third-order valence-corrected chi connectivity index (χ3v) is 4.54. The molecule has 0 spiro atoms. The normalized spacial score (nSPS) is 12.7. The van der Waals surface area contributed by atoms with Crippen LogP contribution in [0.2, 0.25) is 0 Å². The lowest BCUT2D eigenvalue weighted by Crippen LogP contribution is -2.28. The molecule has 0 unspecified atom stereocenters. The van der Waals surface area contributed by atoms with Crippen molar-refractivity contribution in [2.24, 2.45) is 0 Å². The minimum absolute atomic E-state index is 0.00691. The van der Waals surface area contributed by atoms with E-state index in [4.69, 9.17) is 4.52 Å². The lowest BCUT2D eigenvalue weighted by Gasteiger charge is -2.17.